The van der Waals surface area contributed by atoms with Gasteiger partial charge < -0.3 is 20.3 Å². The highest BCUT2D eigenvalue weighted by Gasteiger charge is 2.43. The lowest BCUT2D eigenvalue weighted by Crippen LogP contribution is -2.31. The normalized spacial score (nSPS) is 25.7. The number of halogens is 1. The van der Waals surface area contributed by atoms with E-state index in [9.17, 15) is 14.6 Å². The maximum Gasteiger partial charge on any atom is 0.167 e. The zero-order valence-electron chi connectivity index (χ0n) is 17.4. The van der Waals surface area contributed by atoms with Gasteiger partial charge in [0, 0.05) is 6.54 Å². The molecule has 0 bridgehead atoms. The molecule has 1 saturated heterocycles. The molecule has 2 fully saturated rings. The third-order valence-corrected chi connectivity index (χ3v) is 6.13. The number of imidazole rings is 1. The van der Waals surface area contributed by atoms with Crippen molar-refractivity contribution in [2.24, 2.45) is 5.92 Å². The standard InChI is InChI=1S/C23H24FN5O3/c24-16-8-4-3-7-15(16)9-10-17-19(30)20(31)23(32-17)29-13-28-18-21(26-12-27-22(18)29)25-11-14-5-1-2-6-14/h3-4,7-8,12-14,17,19-20,23,30-31H,1-2,5-6,11H2,(H,25,26,27)/t17-,19-,20-,23-/m1/s1. The van der Waals surface area contributed by atoms with Gasteiger partial charge in [0.1, 0.15) is 30.5 Å². The Hall–Kier alpha value is -3.06. The fourth-order valence-electron chi connectivity index (χ4n) is 4.34. The largest absolute Gasteiger partial charge is 0.386 e. The van der Waals surface area contributed by atoms with Gasteiger partial charge in [-0.15, -0.1) is 0 Å². The summed E-state index contributed by atoms with van der Waals surface area (Å²) in [6.07, 6.45) is 3.45. The van der Waals surface area contributed by atoms with Crippen LogP contribution in [0.1, 0.15) is 37.5 Å². The summed E-state index contributed by atoms with van der Waals surface area (Å²) in [7, 11) is 0. The van der Waals surface area contributed by atoms with Crippen LogP contribution in [0.2, 0.25) is 0 Å². The first kappa shape index (κ1) is 20.8. The van der Waals surface area contributed by atoms with Gasteiger partial charge in [-0.05, 0) is 30.9 Å². The summed E-state index contributed by atoms with van der Waals surface area (Å²) < 4.78 is 21.2. The van der Waals surface area contributed by atoms with Crippen molar-refractivity contribution in [3.63, 3.8) is 0 Å². The second kappa shape index (κ2) is 8.82. The van der Waals surface area contributed by atoms with Crippen molar-refractivity contribution in [2.45, 2.75) is 50.2 Å². The van der Waals surface area contributed by atoms with Crippen LogP contribution in [0.15, 0.2) is 36.9 Å². The van der Waals surface area contributed by atoms with Crippen LogP contribution in [0, 0.1) is 23.6 Å². The molecule has 5 rings (SSSR count). The molecule has 2 aromatic heterocycles. The van der Waals surface area contributed by atoms with E-state index >= 15 is 0 Å². The van der Waals surface area contributed by atoms with Gasteiger partial charge in [-0.2, -0.15) is 0 Å². The van der Waals surface area contributed by atoms with Gasteiger partial charge in [-0.3, -0.25) is 4.57 Å². The van der Waals surface area contributed by atoms with Crippen LogP contribution < -0.4 is 5.32 Å². The third kappa shape index (κ3) is 3.93. The second-order valence-electron chi connectivity index (χ2n) is 8.26. The molecule has 3 heterocycles. The molecule has 32 heavy (non-hydrogen) atoms. The topological polar surface area (TPSA) is 105 Å². The number of rotatable bonds is 4. The van der Waals surface area contributed by atoms with Gasteiger partial charge in [0.05, 0.1) is 11.9 Å². The molecule has 9 heteroatoms. The molecule has 0 radical (unpaired) electrons. The zero-order valence-corrected chi connectivity index (χ0v) is 17.4. The van der Waals surface area contributed by atoms with E-state index < -0.39 is 30.4 Å². The molecular formula is C23H24FN5O3. The number of fused-ring (bicyclic) bond motifs is 1. The molecule has 1 aromatic carbocycles. The van der Waals surface area contributed by atoms with Crippen molar-refractivity contribution in [3.05, 3.63) is 48.3 Å². The molecule has 4 atom stereocenters. The quantitative estimate of drug-likeness (QED) is 0.538. The van der Waals surface area contributed by atoms with Gasteiger partial charge >= 0.3 is 0 Å². The van der Waals surface area contributed by atoms with Gasteiger partial charge in [-0.1, -0.05) is 36.8 Å². The predicted octanol–water partition coefficient (Wildman–Crippen LogP) is 2.24. The fraction of sp³-hybridized carbons (Fsp3) is 0.435. The number of nitrogens with one attached hydrogen (secondary N) is 1. The fourth-order valence-corrected chi connectivity index (χ4v) is 4.34. The Morgan fingerprint density at radius 2 is 1.94 bits per heavy atom. The third-order valence-electron chi connectivity index (χ3n) is 6.13. The van der Waals surface area contributed by atoms with E-state index in [0.717, 1.165) is 6.54 Å². The highest BCUT2D eigenvalue weighted by atomic mass is 19.1. The monoisotopic (exact) mass is 437 g/mol. The maximum atomic E-state index is 13.8. The van der Waals surface area contributed by atoms with Crippen molar-refractivity contribution in [1.82, 2.24) is 19.5 Å². The Kier molecular flexibility index (Phi) is 5.74. The summed E-state index contributed by atoms with van der Waals surface area (Å²) >= 11 is 0. The van der Waals surface area contributed by atoms with Gasteiger partial charge in [0.15, 0.2) is 23.2 Å². The Balaban J connectivity index is 1.37. The van der Waals surface area contributed by atoms with Crippen molar-refractivity contribution < 1.29 is 19.3 Å². The molecule has 3 aromatic rings. The lowest BCUT2D eigenvalue weighted by Gasteiger charge is -2.16. The summed E-state index contributed by atoms with van der Waals surface area (Å²) in [6, 6.07) is 6.09. The summed E-state index contributed by atoms with van der Waals surface area (Å²) in [4.78, 5) is 13.0. The van der Waals surface area contributed by atoms with Crippen LogP contribution in [-0.2, 0) is 4.74 Å². The van der Waals surface area contributed by atoms with Crippen molar-refractivity contribution >= 4 is 17.0 Å². The molecule has 3 N–H and O–H groups in total. The first-order chi connectivity index (χ1) is 15.6. The Morgan fingerprint density at radius 3 is 2.75 bits per heavy atom. The lowest BCUT2D eigenvalue weighted by molar-refractivity contribution is -0.0230. The van der Waals surface area contributed by atoms with Gasteiger partial charge in [0.2, 0.25) is 0 Å². The summed E-state index contributed by atoms with van der Waals surface area (Å²) in [6.45, 7) is 0.827. The van der Waals surface area contributed by atoms with Crippen LogP contribution >= 0.6 is 0 Å². The van der Waals surface area contributed by atoms with Crippen LogP contribution in [0.4, 0.5) is 10.2 Å². The van der Waals surface area contributed by atoms with E-state index in [2.05, 4.69) is 32.1 Å². The molecule has 0 unspecified atom stereocenters. The summed E-state index contributed by atoms with van der Waals surface area (Å²) in [5, 5.41) is 24.4. The minimum absolute atomic E-state index is 0.194. The molecule has 1 saturated carbocycles. The number of hydrogen-bond acceptors (Lipinski definition) is 7. The molecule has 0 spiro atoms. The first-order valence-corrected chi connectivity index (χ1v) is 10.8. The number of ether oxygens (including phenoxy) is 1. The van der Waals surface area contributed by atoms with Gasteiger partial charge in [0.25, 0.3) is 0 Å². The Labute approximate surface area is 184 Å². The first-order valence-electron chi connectivity index (χ1n) is 10.8. The number of hydrogen-bond donors (Lipinski definition) is 3. The molecule has 1 aliphatic carbocycles. The van der Waals surface area contributed by atoms with Crippen LogP contribution in [0.3, 0.4) is 0 Å². The van der Waals surface area contributed by atoms with E-state index in [1.807, 2.05) is 0 Å². The average molecular weight is 437 g/mol. The van der Waals surface area contributed by atoms with E-state index in [1.165, 1.54) is 50.5 Å². The molecule has 8 nitrogen and oxygen atoms in total. The smallest absolute Gasteiger partial charge is 0.167 e. The van der Waals surface area contributed by atoms with Crippen molar-refractivity contribution in [2.75, 3.05) is 11.9 Å². The minimum atomic E-state index is -1.27. The van der Waals surface area contributed by atoms with E-state index in [-0.39, 0.29) is 5.56 Å². The van der Waals surface area contributed by atoms with E-state index in [0.29, 0.717) is 22.9 Å². The van der Waals surface area contributed by atoms with Crippen molar-refractivity contribution in [3.8, 4) is 11.8 Å². The molecular weight excluding hydrogens is 413 g/mol. The summed E-state index contributed by atoms with van der Waals surface area (Å²) in [5.41, 5.74) is 1.24. The Morgan fingerprint density at radius 1 is 1.12 bits per heavy atom. The molecule has 0 amide bonds. The number of nitrogens with zero attached hydrogens (tertiary/aromatic N) is 4. The Bertz CT molecular complexity index is 1170. The highest BCUT2D eigenvalue weighted by Crippen LogP contribution is 2.32. The number of benzene rings is 1. The molecule has 2 aliphatic rings. The number of anilines is 1. The predicted molar refractivity (Wildman–Crippen MR) is 115 cm³/mol. The van der Waals surface area contributed by atoms with E-state index in [1.54, 1.807) is 16.7 Å². The number of aliphatic hydroxyl groups excluding tert-OH is 2. The SMILES string of the molecule is O[C@@H]1[C@H](O)[C@@H](C#Cc2ccccc2F)O[C@H]1n1cnc2c(NCC3CCCC3)ncnc21. The number of aliphatic hydroxyl groups is 2. The average Bonchev–Trinajstić information content (AvgIpc) is 3.53. The van der Waals surface area contributed by atoms with Crippen LogP contribution in [0.5, 0.6) is 0 Å². The summed E-state index contributed by atoms with van der Waals surface area (Å²) in [5.74, 6) is 6.20. The van der Waals surface area contributed by atoms with Gasteiger partial charge in [-0.25, -0.2) is 19.3 Å². The zero-order chi connectivity index (χ0) is 22.1. The highest BCUT2D eigenvalue weighted by molar-refractivity contribution is 5.82. The molecule has 1 aliphatic heterocycles. The molecule has 166 valence electrons. The maximum absolute atomic E-state index is 13.8. The van der Waals surface area contributed by atoms with E-state index in [4.69, 9.17) is 4.74 Å². The lowest BCUT2D eigenvalue weighted by atomic mass is 10.1. The second-order valence-corrected chi connectivity index (χ2v) is 8.26. The van der Waals surface area contributed by atoms with Crippen LogP contribution in [-0.4, -0.2) is 54.6 Å². The number of aromatic nitrogens is 4. The van der Waals surface area contributed by atoms with Crippen LogP contribution in [0.25, 0.3) is 11.2 Å². The minimum Gasteiger partial charge on any atom is -0.386 e. The van der Waals surface area contributed by atoms with Crippen molar-refractivity contribution in [1.29, 1.82) is 0 Å².